The normalized spacial score (nSPS) is 10.3. The number of pyridine rings is 1. The highest BCUT2D eigenvalue weighted by molar-refractivity contribution is 6.32. The van der Waals surface area contributed by atoms with Gasteiger partial charge in [0.15, 0.2) is 0 Å². The molecule has 2 rings (SSSR count). The Morgan fingerprint density at radius 1 is 1.35 bits per heavy atom. The van der Waals surface area contributed by atoms with Gasteiger partial charge >= 0.3 is 0 Å². The Bertz CT molecular complexity index is 601. The number of nitrogen functional groups attached to an aromatic ring is 1. The van der Waals surface area contributed by atoms with E-state index in [9.17, 15) is 4.79 Å². The molecule has 1 aromatic carbocycles. The Hall–Kier alpha value is -2.07. The monoisotopic (exact) mass is 289 g/mol. The van der Waals surface area contributed by atoms with Crippen LogP contribution in [-0.2, 0) is 6.42 Å². The van der Waals surface area contributed by atoms with E-state index in [1.54, 1.807) is 18.0 Å². The third kappa shape index (κ3) is 3.48. The topological polar surface area (TPSA) is 59.2 Å². The lowest BCUT2D eigenvalue weighted by Gasteiger charge is -2.17. The second-order valence-corrected chi connectivity index (χ2v) is 4.93. The van der Waals surface area contributed by atoms with E-state index >= 15 is 0 Å². The molecule has 0 radical (unpaired) electrons. The molecule has 0 saturated heterocycles. The van der Waals surface area contributed by atoms with E-state index in [-0.39, 0.29) is 11.1 Å². The number of rotatable bonds is 4. The fourth-order valence-corrected chi connectivity index (χ4v) is 2.05. The average molecular weight is 290 g/mol. The molecule has 0 saturated carbocycles. The number of nitrogens with zero attached hydrogens (tertiary/aromatic N) is 2. The zero-order valence-electron chi connectivity index (χ0n) is 11.2. The highest BCUT2D eigenvalue weighted by Gasteiger charge is 2.16. The van der Waals surface area contributed by atoms with Crippen molar-refractivity contribution in [1.82, 2.24) is 9.88 Å². The molecule has 1 aromatic heterocycles. The van der Waals surface area contributed by atoms with E-state index in [0.29, 0.717) is 17.8 Å². The van der Waals surface area contributed by atoms with Crippen molar-refractivity contribution in [2.75, 3.05) is 19.3 Å². The van der Waals surface area contributed by atoms with E-state index in [2.05, 4.69) is 4.98 Å². The molecule has 1 amide bonds. The molecule has 0 aliphatic carbocycles. The fourth-order valence-electron chi connectivity index (χ4n) is 1.86. The molecule has 0 atom stereocenters. The summed E-state index contributed by atoms with van der Waals surface area (Å²) in [5.41, 5.74) is 7.58. The number of amides is 1. The van der Waals surface area contributed by atoms with Gasteiger partial charge in [0.2, 0.25) is 0 Å². The summed E-state index contributed by atoms with van der Waals surface area (Å²) in [4.78, 5) is 17.8. The first-order chi connectivity index (χ1) is 9.58. The number of halogens is 1. The Morgan fingerprint density at radius 2 is 2.05 bits per heavy atom. The van der Waals surface area contributed by atoms with E-state index in [1.807, 2.05) is 30.3 Å². The predicted molar refractivity (Wildman–Crippen MR) is 80.8 cm³/mol. The zero-order chi connectivity index (χ0) is 14.5. The number of benzene rings is 1. The van der Waals surface area contributed by atoms with Gasteiger partial charge in [0.05, 0.1) is 17.4 Å². The number of hydrogen-bond acceptors (Lipinski definition) is 3. The second-order valence-electron chi connectivity index (χ2n) is 4.57. The maximum Gasteiger partial charge on any atom is 0.256 e. The average Bonchev–Trinajstić information content (AvgIpc) is 2.47. The molecule has 0 aliphatic rings. The Kier molecular flexibility index (Phi) is 4.58. The van der Waals surface area contributed by atoms with Crippen LogP contribution in [0, 0.1) is 0 Å². The lowest BCUT2D eigenvalue weighted by Crippen LogP contribution is -2.29. The molecule has 5 heteroatoms. The van der Waals surface area contributed by atoms with Crippen LogP contribution in [0.1, 0.15) is 15.9 Å². The number of nitrogens with two attached hydrogens (primary N) is 1. The van der Waals surface area contributed by atoms with Crippen molar-refractivity contribution in [2.45, 2.75) is 6.42 Å². The molecular formula is C15H16ClN3O. The van der Waals surface area contributed by atoms with Crippen molar-refractivity contribution in [1.29, 1.82) is 0 Å². The number of carbonyl (C=O) groups is 1. The number of carbonyl (C=O) groups excluding carboxylic acids is 1. The summed E-state index contributed by atoms with van der Waals surface area (Å²) in [7, 11) is 1.74. The molecule has 0 aliphatic heterocycles. The third-order valence-electron chi connectivity index (χ3n) is 3.02. The van der Waals surface area contributed by atoms with Crippen LogP contribution in [0.15, 0.2) is 42.6 Å². The standard InChI is InChI=1S/C15H16ClN3O/c1-19(8-7-11-5-3-2-4-6-11)15(20)13-9-12(17)10-18-14(13)16/h2-6,9-10H,7-8,17H2,1H3. The number of anilines is 1. The maximum absolute atomic E-state index is 12.3. The van der Waals surface area contributed by atoms with Gasteiger partial charge in [0, 0.05) is 13.6 Å². The summed E-state index contributed by atoms with van der Waals surface area (Å²) < 4.78 is 0. The first-order valence-corrected chi connectivity index (χ1v) is 6.66. The molecule has 1 heterocycles. The van der Waals surface area contributed by atoms with Gasteiger partial charge in [-0.2, -0.15) is 0 Å². The molecule has 4 nitrogen and oxygen atoms in total. The second kappa shape index (κ2) is 6.39. The van der Waals surface area contributed by atoms with E-state index in [0.717, 1.165) is 6.42 Å². The largest absolute Gasteiger partial charge is 0.397 e. The van der Waals surface area contributed by atoms with Crippen LogP contribution in [0.25, 0.3) is 0 Å². The molecule has 0 unspecified atom stereocenters. The van der Waals surface area contributed by atoms with Gasteiger partial charge in [-0.05, 0) is 18.1 Å². The summed E-state index contributed by atoms with van der Waals surface area (Å²) in [5, 5.41) is 0.177. The number of aromatic nitrogens is 1. The van der Waals surface area contributed by atoms with E-state index < -0.39 is 0 Å². The third-order valence-corrected chi connectivity index (χ3v) is 3.32. The van der Waals surface area contributed by atoms with Crippen LogP contribution >= 0.6 is 11.6 Å². The van der Waals surface area contributed by atoms with Gasteiger partial charge in [-0.25, -0.2) is 4.98 Å². The highest BCUT2D eigenvalue weighted by Crippen LogP contribution is 2.17. The fraction of sp³-hybridized carbons (Fsp3) is 0.200. The van der Waals surface area contributed by atoms with Gasteiger partial charge in [0.1, 0.15) is 5.15 Å². The minimum atomic E-state index is -0.175. The summed E-state index contributed by atoms with van der Waals surface area (Å²) in [6.45, 7) is 0.605. The Labute approximate surface area is 123 Å². The van der Waals surface area contributed by atoms with Crippen LogP contribution in [0.3, 0.4) is 0 Å². The lowest BCUT2D eigenvalue weighted by molar-refractivity contribution is 0.0796. The smallest absolute Gasteiger partial charge is 0.256 e. The van der Waals surface area contributed by atoms with Crippen molar-refractivity contribution in [3.05, 3.63) is 58.9 Å². The van der Waals surface area contributed by atoms with E-state index in [1.165, 1.54) is 11.8 Å². The Balaban J connectivity index is 2.03. The summed E-state index contributed by atoms with van der Waals surface area (Å²) in [6.07, 6.45) is 2.22. The predicted octanol–water partition coefficient (Wildman–Crippen LogP) is 2.63. The van der Waals surface area contributed by atoms with Crippen molar-refractivity contribution in [3.8, 4) is 0 Å². The minimum absolute atomic E-state index is 0.175. The molecule has 2 N–H and O–H groups in total. The molecule has 0 spiro atoms. The van der Waals surface area contributed by atoms with Gasteiger partial charge < -0.3 is 10.6 Å². The van der Waals surface area contributed by atoms with Gasteiger partial charge in [-0.1, -0.05) is 41.9 Å². The number of likely N-dealkylation sites (N-methyl/N-ethyl adjacent to an activating group) is 1. The summed E-state index contributed by atoms with van der Waals surface area (Å²) >= 11 is 5.94. The van der Waals surface area contributed by atoms with Gasteiger partial charge in [-0.15, -0.1) is 0 Å². The lowest BCUT2D eigenvalue weighted by atomic mass is 10.1. The highest BCUT2D eigenvalue weighted by atomic mass is 35.5. The van der Waals surface area contributed by atoms with Crippen LogP contribution in [-0.4, -0.2) is 29.4 Å². The summed E-state index contributed by atoms with van der Waals surface area (Å²) in [6, 6.07) is 11.6. The molecule has 2 aromatic rings. The molecule has 20 heavy (non-hydrogen) atoms. The molecule has 104 valence electrons. The van der Waals surface area contributed by atoms with Crippen LogP contribution in [0.2, 0.25) is 5.15 Å². The zero-order valence-corrected chi connectivity index (χ0v) is 12.0. The van der Waals surface area contributed by atoms with Crippen LogP contribution in [0.4, 0.5) is 5.69 Å². The van der Waals surface area contributed by atoms with Crippen molar-refractivity contribution >= 4 is 23.2 Å². The molecule has 0 fully saturated rings. The number of hydrogen-bond donors (Lipinski definition) is 1. The maximum atomic E-state index is 12.3. The SMILES string of the molecule is CN(CCc1ccccc1)C(=O)c1cc(N)cnc1Cl. The molecule has 0 bridgehead atoms. The van der Waals surface area contributed by atoms with Crippen molar-refractivity contribution < 1.29 is 4.79 Å². The van der Waals surface area contributed by atoms with Crippen LogP contribution in [0.5, 0.6) is 0 Å². The minimum Gasteiger partial charge on any atom is -0.397 e. The van der Waals surface area contributed by atoms with Crippen molar-refractivity contribution in [3.63, 3.8) is 0 Å². The van der Waals surface area contributed by atoms with Gasteiger partial charge in [0.25, 0.3) is 5.91 Å². The first-order valence-electron chi connectivity index (χ1n) is 6.28. The Morgan fingerprint density at radius 3 is 2.75 bits per heavy atom. The van der Waals surface area contributed by atoms with Gasteiger partial charge in [-0.3, -0.25) is 4.79 Å². The quantitative estimate of drug-likeness (QED) is 0.880. The van der Waals surface area contributed by atoms with Crippen LogP contribution < -0.4 is 5.73 Å². The van der Waals surface area contributed by atoms with E-state index in [4.69, 9.17) is 17.3 Å². The summed E-state index contributed by atoms with van der Waals surface area (Å²) in [5.74, 6) is -0.175. The molecular weight excluding hydrogens is 274 g/mol. The first kappa shape index (κ1) is 14.3. The van der Waals surface area contributed by atoms with Crippen molar-refractivity contribution in [2.24, 2.45) is 0 Å².